The molecule has 0 spiro atoms. The molecule has 13 heavy (non-hydrogen) atoms. The van der Waals surface area contributed by atoms with Gasteiger partial charge in [0.2, 0.25) is 0 Å². The molecular weight excluding hydrogens is 182 g/mol. The highest BCUT2D eigenvalue weighted by Gasteiger charge is 2.10. The van der Waals surface area contributed by atoms with Crippen molar-refractivity contribution in [1.82, 2.24) is 9.71 Å². The molecule has 0 unspecified atom stereocenters. The molecule has 68 valence electrons. The van der Waals surface area contributed by atoms with E-state index in [4.69, 9.17) is 0 Å². The lowest BCUT2D eigenvalue weighted by Crippen LogP contribution is -2.17. The van der Waals surface area contributed by atoms with Crippen molar-refractivity contribution in [3.8, 4) is 0 Å². The highest BCUT2D eigenvalue weighted by Crippen LogP contribution is 2.30. The Balaban J connectivity index is 2.28. The minimum atomic E-state index is 1.01. The molecule has 1 aliphatic rings. The SMILES string of the molecule is CCCC1=Nc2ccncc2SN1. The van der Waals surface area contributed by atoms with Crippen LogP contribution >= 0.6 is 11.9 Å². The first-order chi connectivity index (χ1) is 6.40. The summed E-state index contributed by atoms with van der Waals surface area (Å²) in [4.78, 5) is 9.62. The van der Waals surface area contributed by atoms with Gasteiger partial charge in [0.15, 0.2) is 0 Å². The van der Waals surface area contributed by atoms with Crippen molar-refractivity contribution in [3.05, 3.63) is 18.5 Å². The number of fused-ring (bicyclic) bond motifs is 1. The number of aromatic nitrogens is 1. The Kier molecular flexibility index (Phi) is 2.49. The average Bonchev–Trinajstić information content (AvgIpc) is 2.18. The van der Waals surface area contributed by atoms with E-state index in [1.807, 2.05) is 12.3 Å². The molecule has 0 fully saturated rings. The lowest BCUT2D eigenvalue weighted by Gasteiger charge is -2.14. The van der Waals surface area contributed by atoms with Gasteiger partial charge in [-0.3, -0.25) is 4.98 Å². The summed E-state index contributed by atoms with van der Waals surface area (Å²) in [5.74, 6) is 1.06. The second kappa shape index (κ2) is 3.79. The van der Waals surface area contributed by atoms with Gasteiger partial charge in [-0.25, -0.2) is 4.99 Å². The van der Waals surface area contributed by atoms with Gasteiger partial charge in [0.25, 0.3) is 0 Å². The number of rotatable bonds is 2. The molecule has 1 aliphatic heterocycles. The Morgan fingerprint density at radius 3 is 3.31 bits per heavy atom. The number of hydrogen-bond donors (Lipinski definition) is 1. The topological polar surface area (TPSA) is 37.3 Å². The predicted molar refractivity (Wildman–Crippen MR) is 55.2 cm³/mol. The molecule has 0 saturated heterocycles. The first-order valence-electron chi connectivity index (χ1n) is 4.34. The van der Waals surface area contributed by atoms with Crippen LogP contribution in [0.2, 0.25) is 0 Å². The van der Waals surface area contributed by atoms with Crippen molar-refractivity contribution in [3.63, 3.8) is 0 Å². The van der Waals surface area contributed by atoms with Gasteiger partial charge in [-0.15, -0.1) is 0 Å². The minimum Gasteiger partial charge on any atom is -0.314 e. The van der Waals surface area contributed by atoms with Crippen molar-refractivity contribution < 1.29 is 0 Å². The van der Waals surface area contributed by atoms with Crippen LogP contribution in [-0.4, -0.2) is 10.8 Å². The summed E-state index contributed by atoms with van der Waals surface area (Å²) >= 11 is 1.59. The predicted octanol–water partition coefficient (Wildman–Crippen LogP) is 2.52. The molecule has 1 aromatic heterocycles. The third-order valence-corrected chi connectivity index (χ3v) is 2.66. The Bertz CT molecular complexity index is 335. The summed E-state index contributed by atoms with van der Waals surface area (Å²) in [6, 6.07) is 1.94. The molecule has 0 amide bonds. The fourth-order valence-corrected chi connectivity index (χ4v) is 1.88. The molecule has 2 rings (SSSR count). The van der Waals surface area contributed by atoms with E-state index < -0.39 is 0 Å². The van der Waals surface area contributed by atoms with Crippen molar-refractivity contribution in [2.24, 2.45) is 4.99 Å². The Labute approximate surface area is 81.8 Å². The van der Waals surface area contributed by atoms with Crippen LogP contribution in [0.5, 0.6) is 0 Å². The van der Waals surface area contributed by atoms with E-state index in [9.17, 15) is 0 Å². The Morgan fingerprint density at radius 1 is 1.54 bits per heavy atom. The highest BCUT2D eigenvalue weighted by molar-refractivity contribution is 7.98. The third kappa shape index (κ3) is 1.83. The summed E-state index contributed by atoms with van der Waals surface area (Å²) in [5, 5.41) is 0. The monoisotopic (exact) mass is 193 g/mol. The molecule has 0 atom stereocenters. The van der Waals surface area contributed by atoms with Crippen LogP contribution in [-0.2, 0) is 0 Å². The zero-order chi connectivity index (χ0) is 9.10. The van der Waals surface area contributed by atoms with E-state index in [0.717, 1.165) is 29.3 Å². The first kappa shape index (κ1) is 8.56. The van der Waals surface area contributed by atoms with Gasteiger partial charge in [0.05, 0.1) is 10.6 Å². The van der Waals surface area contributed by atoms with Crippen molar-refractivity contribution in [2.75, 3.05) is 0 Å². The summed E-state index contributed by atoms with van der Waals surface area (Å²) in [6.07, 6.45) is 5.73. The van der Waals surface area contributed by atoms with E-state index in [2.05, 4.69) is 21.6 Å². The van der Waals surface area contributed by atoms with Gasteiger partial charge in [-0.2, -0.15) is 0 Å². The van der Waals surface area contributed by atoms with Gasteiger partial charge < -0.3 is 4.72 Å². The molecule has 1 aromatic rings. The van der Waals surface area contributed by atoms with E-state index in [-0.39, 0.29) is 0 Å². The molecule has 1 N–H and O–H groups in total. The second-order valence-corrected chi connectivity index (χ2v) is 3.70. The zero-order valence-corrected chi connectivity index (χ0v) is 8.27. The smallest absolute Gasteiger partial charge is 0.112 e. The molecule has 0 aliphatic carbocycles. The van der Waals surface area contributed by atoms with Crippen LogP contribution in [0.1, 0.15) is 19.8 Å². The maximum absolute atomic E-state index is 4.48. The highest BCUT2D eigenvalue weighted by atomic mass is 32.2. The van der Waals surface area contributed by atoms with Crippen LogP contribution in [0.15, 0.2) is 28.3 Å². The standard InChI is InChI=1S/C9H11N3S/c1-2-3-9-11-7-4-5-10-6-8(7)13-12-9/h4-6H,2-3H2,1H3,(H,11,12). The molecule has 0 aromatic carbocycles. The lowest BCUT2D eigenvalue weighted by atomic mass is 10.3. The fourth-order valence-electron chi connectivity index (χ4n) is 1.17. The van der Waals surface area contributed by atoms with Crippen LogP contribution in [0.3, 0.4) is 0 Å². The van der Waals surface area contributed by atoms with Crippen LogP contribution in [0.4, 0.5) is 5.69 Å². The summed E-state index contributed by atoms with van der Waals surface area (Å²) in [6.45, 7) is 2.15. The number of aliphatic imine (C=N–C) groups is 1. The molecule has 2 heterocycles. The average molecular weight is 193 g/mol. The summed E-state index contributed by atoms with van der Waals surface area (Å²) in [7, 11) is 0. The van der Waals surface area contributed by atoms with Gasteiger partial charge in [-0.05, 0) is 24.4 Å². The van der Waals surface area contributed by atoms with Crippen molar-refractivity contribution in [1.29, 1.82) is 0 Å². The van der Waals surface area contributed by atoms with Gasteiger partial charge >= 0.3 is 0 Å². The van der Waals surface area contributed by atoms with Gasteiger partial charge in [0, 0.05) is 18.8 Å². The Hall–Kier alpha value is -1.03. The number of amidine groups is 1. The maximum Gasteiger partial charge on any atom is 0.112 e. The quantitative estimate of drug-likeness (QED) is 0.733. The fraction of sp³-hybridized carbons (Fsp3) is 0.333. The minimum absolute atomic E-state index is 1.01. The largest absolute Gasteiger partial charge is 0.314 e. The van der Waals surface area contributed by atoms with Gasteiger partial charge in [-0.1, -0.05) is 6.92 Å². The van der Waals surface area contributed by atoms with Crippen LogP contribution in [0.25, 0.3) is 0 Å². The second-order valence-electron chi connectivity index (χ2n) is 2.86. The lowest BCUT2D eigenvalue weighted by molar-refractivity contribution is 0.969. The maximum atomic E-state index is 4.48. The number of pyridine rings is 1. The van der Waals surface area contributed by atoms with E-state index in [0.29, 0.717) is 0 Å². The molecule has 4 heteroatoms. The van der Waals surface area contributed by atoms with Crippen molar-refractivity contribution in [2.45, 2.75) is 24.7 Å². The molecular formula is C9H11N3S. The Morgan fingerprint density at radius 2 is 2.46 bits per heavy atom. The van der Waals surface area contributed by atoms with Crippen LogP contribution in [0, 0.1) is 0 Å². The van der Waals surface area contributed by atoms with Crippen molar-refractivity contribution >= 4 is 23.5 Å². The first-order valence-corrected chi connectivity index (χ1v) is 5.16. The van der Waals surface area contributed by atoms with Crippen LogP contribution < -0.4 is 4.72 Å². The number of nitrogens with one attached hydrogen (secondary N) is 1. The summed E-state index contributed by atoms with van der Waals surface area (Å²) in [5.41, 5.74) is 1.03. The molecule has 3 nitrogen and oxygen atoms in total. The number of hydrogen-bond acceptors (Lipinski definition) is 4. The molecule has 0 radical (unpaired) electrons. The van der Waals surface area contributed by atoms with Gasteiger partial charge in [0.1, 0.15) is 5.84 Å². The van der Waals surface area contributed by atoms with E-state index in [1.165, 1.54) is 0 Å². The summed E-state index contributed by atoms with van der Waals surface area (Å²) < 4.78 is 3.20. The van der Waals surface area contributed by atoms with E-state index in [1.54, 1.807) is 18.1 Å². The zero-order valence-electron chi connectivity index (χ0n) is 7.45. The number of nitrogens with zero attached hydrogens (tertiary/aromatic N) is 2. The molecule has 0 bridgehead atoms. The normalized spacial score (nSPS) is 14.4. The third-order valence-electron chi connectivity index (χ3n) is 1.78. The van der Waals surface area contributed by atoms with E-state index >= 15 is 0 Å². The molecule has 0 saturated carbocycles.